The summed E-state index contributed by atoms with van der Waals surface area (Å²) < 4.78 is 41.1. The van der Waals surface area contributed by atoms with Crippen molar-refractivity contribution in [1.82, 2.24) is 20.3 Å². The average Bonchev–Trinajstić information content (AvgIpc) is 2.72. The predicted molar refractivity (Wildman–Crippen MR) is 105 cm³/mol. The molecule has 2 rings (SSSR count). The molecular formula is C18H21ClF3N5O3. The van der Waals surface area contributed by atoms with Gasteiger partial charge in [0, 0.05) is 25.7 Å². The summed E-state index contributed by atoms with van der Waals surface area (Å²) in [7, 11) is 1.66. The fourth-order valence-electron chi connectivity index (χ4n) is 1.91. The van der Waals surface area contributed by atoms with Gasteiger partial charge in [-0.3, -0.25) is 4.79 Å². The fraction of sp³-hybridized carbons (Fsp3) is 0.389. The van der Waals surface area contributed by atoms with Gasteiger partial charge >= 0.3 is 6.18 Å². The summed E-state index contributed by atoms with van der Waals surface area (Å²) in [5.41, 5.74) is 0.644. The molecule has 30 heavy (non-hydrogen) atoms. The summed E-state index contributed by atoms with van der Waals surface area (Å²) >= 11 is 5.90. The van der Waals surface area contributed by atoms with E-state index in [1.54, 1.807) is 14.0 Å². The third-order valence-corrected chi connectivity index (χ3v) is 3.64. The van der Waals surface area contributed by atoms with Gasteiger partial charge in [0.1, 0.15) is 29.1 Å². The number of ether oxygens (including phenoxy) is 1. The highest BCUT2D eigenvalue weighted by atomic mass is 35.5. The van der Waals surface area contributed by atoms with Crippen molar-refractivity contribution in [1.29, 1.82) is 0 Å². The first kappa shape index (κ1) is 25.1. The van der Waals surface area contributed by atoms with Crippen molar-refractivity contribution >= 4 is 29.6 Å². The molecule has 0 bridgehead atoms. The lowest BCUT2D eigenvalue weighted by molar-refractivity contribution is -0.154. The first-order valence-electron chi connectivity index (χ1n) is 8.70. The van der Waals surface area contributed by atoms with Crippen LogP contribution in [-0.2, 0) is 4.79 Å². The number of amides is 1. The minimum Gasteiger partial charge on any atom is -0.467 e. The molecule has 12 heteroatoms. The molecule has 0 aliphatic rings. The maximum Gasteiger partial charge on any atom is 0.422 e. The van der Waals surface area contributed by atoms with E-state index >= 15 is 0 Å². The molecule has 0 saturated carbocycles. The molecule has 1 unspecified atom stereocenters. The molecule has 0 aliphatic carbocycles. The number of rotatable bonds is 7. The van der Waals surface area contributed by atoms with Gasteiger partial charge in [0.15, 0.2) is 6.61 Å². The fourth-order valence-corrected chi connectivity index (χ4v) is 2.13. The van der Waals surface area contributed by atoms with Crippen molar-refractivity contribution < 1.29 is 27.5 Å². The first-order chi connectivity index (χ1) is 14.1. The Morgan fingerprint density at radius 3 is 2.50 bits per heavy atom. The number of hydrogen-bond acceptors (Lipinski definition) is 7. The lowest BCUT2D eigenvalue weighted by atomic mass is 10.1. The lowest BCUT2D eigenvalue weighted by Crippen LogP contribution is -2.27. The Hall–Kier alpha value is -2.95. The van der Waals surface area contributed by atoms with Gasteiger partial charge in [-0.25, -0.2) is 15.0 Å². The second-order valence-corrected chi connectivity index (χ2v) is 6.18. The Bertz CT molecular complexity index is 852. The van der Waals surface area contributed by atoms with Crippen molar-refractivity contribution in [3.05, 3.63) is 40.9 Å². The number of nitrogens with zero attached hydrogens (tertiary/aromatic N) is 3. The van der Waals surface area contributed by atoms with E-state index in [0.29, 0.717) is 17.8 Å². The molecule has 0 radical (unpaired) electrons. The molecule has 2 aromatic heterocycles. The molecule has 8 nitrogen and oxygen atoms in total. The highest BCUT2D eigenvalue weighted by Crippen LogP contribution is 2.27. The number of anilines is 1. The van der Waals surface area contributed by atoms with Crippen molar-refractivity contribution in [3.8, 4) is 5.88 Å². The smallest absolute Gasteiger partial charge is 0.422 e. The molecule has 2 aromatic rings. The van der Waals surface area contributed by atoms with Gasteiger partial charge < -0.3 is 20.2 Å². The molecule has 0 saturated heterocycles. The summed E-state index contributed by atoms with van der Waals surface area (Å²) in [5, 5.41) is 5.39. The summed E-state index contributed by atoms with van der Waals surface area (Å²) in [6.45, 7) is 1.99. The molecule has 1 atom stereocenters. The number of carbonyl (C=O) groups is 2. The van der Waals surface area contributed by atoms with Gasteiger partial charge in [-0.15, -0.1) is 0 Å². The van der Waals surface area contributed by atoms with Crippen molar-refractivity contribution in [2.75, 3.05) is 19.0 Å². The van der Waals surface area contributed by atoms with Crippen molar-refractivity contribution in [2.24, 2.45) is 0 Å². The number of aldehydes is 1. The Labute approximate surface area is 176 Å². The third kappa shape index (κ3) is 8.60. The second kappa shape index (κ2) is 11.9. The average molecular weight is 448 g/mol. The van der Waals surface area contributed by atoms with Crippen LogP contribution < -0.4 is 15.4 Å². The van der Waals surface area contributed by atoms with E-state index in [0.717, 1.165) is 6.29 Å². The summed E-state index contributed by atoms with van der Waals surface area (Å²) in [5.74, 6) is -0.306. The molecule has 164 valence electrons. The van der Waals surface area contributed by atoms with E-state index in [1.165, 1.54) is 24.7 Å². The maximum absolute atomic E-state index is 12.2. The van der Waals surface area contributed by atoms with E-state index in [1.807, 2.05) is 6.92 Å². The van der Waals surface area contributed by atoms with E-state index < -0.39 is 24.7 Å². The third-order valence-electron chi connectivity index (χ3n) is 3.37. The molecule has 0 fully saturated rings. The van der Waals surface area contributed by atoms with Crippen LogP contribution in [0.4, 0.5) is 19.0 Å². The zero-order valence-electron chi connectivity index (χ0n) is 16.5. The number of halogens is 4. The monoisotopic (exact) mass is 447 g/mol. The lowest BCUT2D eigenvalue weighted by Gasteiger charge is -2.15. The SMILES string of the molecule is CCC=O.CNc1cc(C(=O)NC(C)c2cnc(OCC(F)(F)F)c(Cl)c2)ncn1. The summed E-state index contributed by atoms with van der Waals surface area (Å²) in [6, 6.07) is 2.34. The van der Waals surface area contributed by atoms with Gasteiger partial charge in [0.25, 0.3) is 5.91 Å². The topological polar surface area (TPSA) is 106 Å². The van der Waals surface area contributed by atoms with Crippen LogP contribution in [0.5, 0.6) is 5.88 Å². The Morgan fingerprint density at radius 1 is 1.30 bits per heavy atom. The standard InChI is InChI=1S/C15H15ClF3N5O2.C3H6O/c1-8(24-13(25)11-4-12(20-2)23-7-22-11)9-3-10(16)14(21-5-9)26-6-15(17,18)19;1-2-3-4/h3-5,7-8H,6H2,1-2H3,(H,24,25)(H,20,22,23);3H,2H2,1H3. The Balaban J connectivity index is 0.00000103. The number of nitrogens with one attached hydrogen (secondary N) is 2. The van der Waals surface area contributed by atoms with Gasteiger partial charge in [0.05, 0.1) is 6.04 Å². The van der Waals surface area contributed by atoms with E-state index in [-0.39, 0.29) is 16.6 Å². The Morgan fingerprint density at radius 2 is 1.97 bits per heavy atom. The Kier molecular flexibility index (Phi) is 9.96. The molecule has 0 spiro atoms. The van der Waals surface area contributed by atoms with E-state index in [4.69, 9.17) is 11.6 Å². The molecule has 2 N–H and O–H groups in total. The number of alkyl halides is 3. The summed E-state index contributed by atoms with van der Waals surface area (Å²) in [4.78, 5) is 33.0. The predicted octanol–water partition coefficient (Wildman–Crippen LogP) is 3.59. The van der Waals surface area contributed by atoms with Crippen LogP contribution in [0, 0.1) is 0 Å². The highest BCUT2D eigenvalue weighted by Gasteiger charge is 2.29. The minimum atomic E-state index is -4.49. The minimum absolute atomic E-state index is 0.0904. The van der Waals surface area contributed by atoms with Crippen LogP contribution in [0.2, 0.25) is 5.02 Å². The molecular weight excluding hydrogens is 427 g/mol. The normalized spacial score (nSPS) is 11.6. The van der Waals surface area contributed by atoms with Crippen molar-refractivity contribution in [2.45, 2.75) is 32.5 Å². The number of pyridine rings is 1. The van der Waals surface area contributed by atoms with Crippen LogP contribution in [0.15, 0.2) is 24.7 Å². The largest absolute Gasteiger partial charge is 0.467 e. The molecule has 0 aliphatic heterocycles. The molecule has 0 aromatic carbocycles. The number of carbonyl (C=O) groups excluding carboxylic acids is 2. The summed E-state index contributed by atoms with van der Waals surface area (Å²) in [6.07, 6.45) is -0.452. The molecule has 2 heterocycles. The van der Waals surface area contributed by atoms with Gasteiger partial charge in [0.2, 0.25) is 5.88 Å². The van der Waals surface area contributed by atoms with Crippen LogP contribution >= 0.6 is 11.6 Å². The first-order valence-corrected chi connectivity index (χ1v) is 9.08. The van der Waals surface area contributed by atoms with Gasteiger partial charge in [-0.05, 0) is 18.6 Å². The second-order valence-electron chi connectivity index (χ2n) is 5.77. The van der Waals surface area contributed by atoms with Crippen molar-refractivity contribution in [3.63, 3.8) is 0 Å². The van der Waals surface area contributed by atoms with Crippen LogP contribution in [-0.4, -0.2) is 47.0 Å². The quantitative estimate of drug-likeness (QED) is 0.624. The molecule has 1 amide bonds. The van der Waals surface area contributed by atoms with E-state index in [2.05, 4.69) is 30.3 Å². The number of hydrogen-bond donors (Lipinski definition) is 2. The van der Waals surface area contributed by atoms with Crippen LogP contribution in [0.25, 0.3) is 0 Å². The van der Waals surface area contributed by atoms with E-state index in [9.17, 15) is 22.8 Å². The van der Waals surface area contributed by atoms with Gasteiger partial charge in [-0.2, -0.15) is 13.2 Å². The highest BCUT2D eigenvalue weighted by molar-refractivity contribution is 6.31. The maximum atomic E-state index is 12.2. The zero-order valence-corrected chi connectivity index (χ0v) is 17.2. The number of aromatic nitrogens is 3. The van der Waals surface area contributed by atoms with Gasteiger partial charge in [-0.1, -0.05) is 18.5 Å². The van der Waals surface area contributed by atoms with Crippen LogP contribution in [0.1, 0.15) is 42.4 Å². The van der Waals surface area contributed by atoms with Crippen LogP contribution in [0.3, 0.4) is 0 Å². The zero-order chi connectivity index (χ0) is 22.7.